The van der Waals surface area contributed by atoms with Crippen molar-refractivity contribution in [2.24, 2.45) is 5.92 Å². The maximum Gasteiger partial charge on any atom is 0.0564 e. The molecular weight excluding hydrogens is 463 g/mol. The fraction of sp³-hybridized carbons (Fsp3) is 0.350. The highest BCUT2D eigenvalue weighted by Gasteiger charge is 2.33. The summed E-state index contributed by atoms with van der Waals surface area (Å²) in [7, 11) is 2.21. The predicted molar refractivity (Wildman–Crippen MR) is 112 cm³/mol. The highest BCUT2D eigenvalue weighted by Crippen LogP contribution is 2.46. The van der Waals surface area contributed by atoms with Crippen molar-refractivity contribution < 1.29 is 0 Å². The van der Waals surface area contributed by atoms with Crippen LogP contribution in [0.25, 0.3) is 10.6 Å². The van der Waals surface area contributed by atoms with Gasteiger partial charge in [-0.05, 0) is 90.2 Å². The van der Waals surface area contributed by atoms with Gasteiger partial charge in [-0.1, -0.05) is 33.6 Å². The van der Waals surface area contributed by atoms with Gasteiger partial charge in [0.15, 0.2) is 0 Å². The Bertz CT molecular complexity index is 842. The van der Waals surface area contributed by atoms with Crippen molar-refractivity contribution in [2.75, 3.05) is 20.1 Å². The van der Waals surface area contributed by atoms with Crippen LogP contribution in [0.2, 0.25) is 5.02 Å². The smallest absolute Gasteiger partial charge is 0.0564 e. The molecule has 2 nitrogen and oxygen atoms in total. The summed E-state index contributed by atoms with van der Waals surface area (Å²) >= 11 is 13.8. The molecule has 2 aliphatic rings. The van der Waals surface area contributed by atoms with Gasteiger partial charge in [0.05, 0.1) is 10.7 Å². The molecule has 0 amide bonds. The van der Waals surface area contributed by atoms with Crippen molar-refractivity contribution in [3.8, 4) is 0 Å². The lowest BCUT2D eigenvalue weighted by Crippen LogP contribution is -2.33. The van der Waals surface area contributed by atoms with Gasteiger partial charge in [0, 0.05) is 26.6 Å². The molecule has 25 heavy (non-hydrogen) atoms. The third-order valence-electron chi connectivity index (χ3n) is 5.37. The van der Waals surface area contributed by atoms with Crippen molar-refractivity contribution in [2.45, 2.75) is 18.8 Å². The molecule has 1 aromatic carbocycles. The molecule has 1 aliphatic heterocycles. The Hall–Kier alpha value is -0.680. The monoisotopic (exact) mass is 480 g/mol. The van der Waals surface area contributed by atoms with E-state index in [0.717, 1.165) is 27.1 Å². The van der Waals surface area contributed by atoms with E-state index >= 15 is 0 Å². The van der Waals surface area contributed by atoms with Crippen LogP contribution in [-0.2, 0) is 0 Å². The van der Waals surface area contributed by atoms with Crippen molar-refractivity contribution in [3.05, 3.63) is 62.3 Å². The van der Waals surface area contributed by atoms with Crippen molar-refractivity contribution in [1.29, 1.82) is 0 Å². The molecule has 1 aliphatic carbocycles. The molecule has 0 radical (unpaired) electrons. The lowest BCUT2D eigenvalue weighted by atomic mass is 9.76. The number of rotatable bonds is 1. The SMILES string of the molecule is CN1CCC(C2c3cc(Br)c(Cl)cc3C=C(Br)c3cccnc32)CC1. The standard InChI is InChI=1S/C20H19Br2ClN2/c1-25-7-4-12(5-8-25)19-15-11-17(22)18(23)10-13(15)9-16(21)14-3-2-6-24-20(14)19/h2-3,6,9-12,19H,4-5,7-8H2,1H3. The number of fused-ring (bicyclic) bond motifs is 2. The molecule has 4 rings (SSSR count). The lowest BCUT2D eigenvalue weighted by molar-refractivity contribution is 0.206. The van der Waals surface area contributed by atoms with Gasteiger partial charge in [-0.15, -0.1) is 0 Å². The van der Waals surface area contributed by atoms with Gasteiger partial charge in [-0.3, -0.25) is 4.98 Å². The van der Waals surface area contributed by atoms with Crippen LogP contribution >= 0.6 is 43.5 Å². The van der Waals surface area contributed by atoms with Gasteiger partial charge in [0.2, 0.25) is 0 Å². The van der Waals surface area contributed by atoms with Crippen molar-refractivity contribution in [3.63, 3.8) is 0 Å². The Morgan fingerprint density at radius 2 is 1.96 bits per heavy atom. The van der Waals surface area contributed by atoms with E-state index < -0.39 is 0 Å². The average molecular weight is 483 g/mol. The maximum atomic E-state index is 6.40. The largest absolute Gasteiger partial charge is 0.306 e. The Morgan fingerprint density at radius 1 is 1.20 bits per heavy atom. The first-order chi connectivity index (χ1) is 12.0. The summed E-state index contributed by atoms with van der Waals surface area (Å²) < 4.78 is 2.03. The van der Waals surface area contributed by atoms with E-state index in [1.165, 1.54) is 35.2 Å². The van der Waals surface area contributed by atoms with Gasteiger partial charge in [-0.2, -0.15) is 0 Å². The van der Waals surface area contributed by atoms with Crippen LogP contribution in [-0.4, -0.2) is 30.0 Å². The zero-order valence-corrected chi connectivity index (χ0v) is 17.9. The fourth-order valence-electron chi connectivity index (χ4n) is 4.04. The van der Waals surface area contributed by atoms with Gasteiger partial charge in [0.25, 0.3) is 0 Å². The normalized spacial score (nSPS) is 21.3. The van der Waals surface area contributed by atoms with Gasteiger partial charge >= 0.3 is 0 Å². The van der Waals surface area contributed by atoms with Crippen LogP contribution in [0.5, 0.6) is 0 Å². The Labute approximate surface area is 170 Å². The van der Waals surface area contributed by atoms with Gasteiger partial charge in [0.1, 0.15) is 0 Å². The second-order valence-corrected chi connectivity index (χ2v) is 9.06. The molecule has 0 spiro atoms. The molecule has 1 saturated heterocycles. The molecule has 5 heteroatoms. The number of halogens is 3. The highest BCUT2D eigenvalue weighted by atomic mass is 79.9. The first-order valence-electron chi connectivity index (χ1n) is 8.54. The molecule has 2 heterocycles. The lowest BCUT2D eigenvalue weighted by Gasteiger charge is -2.35. The van der Waals surface area contributed by atoms with E-state index in [4.69, 9.17) is 16.6 Å². The number of pyridine rings is 1. The van der Waals surface area contributed by atoms with Gasteiger partial charge in [-0.25, -0.2) is 0 Å². The minimum atomic E-state index is 0.291. The summed E-state index contributed by atoms with van der Waals surface area (Å²) in [4.78, 5) is 7.24. The third-order valence-corrected chi connectivity index (χ3v) is 7.22. The van der Waals surface area contributed by atoms with Crippen LogP contribution in [0.1, 0.15) is 41.1 Å². The molecule has 1 fully saturated rings. The minimum Gasteiger partial charge on any atom is -0.306 e. The quantitative estimate of drug-likeness (QED) is 0.483. The van der Waals surface area contributed by atoms with Crippen LogP contribution < -0.4 is 0 Å². The highest BCUT2D eigenvalue weighted by molar-refractivity contribution is 9.15. The van der Waals surface area contributed by atoms with Gasteiger partial charge < -0.3 is 4.90 Å². The fourth-order valence-corrected chi connectivity index (χ4v) is 5.16. The Kier molecular flexibility index (Phi) is 5.07. The summed E-state index contributed by atoms with van der Waals surface area (Å²) in [6.07, 6.45) is 6.48. The van der Waals surface area contributed by atoms with E-state index in [0.29, 0.717) is 11.8 Å². The van der Waals surface area contributed by atoms with Crippen LogP contribution in [0.4, 0.5) is 0 Å². The van der Waals surface area contributed by atoms with Crippen molar-refractivity contribution >= 4 is 54.0 Å². The number of benzene rings is 1. The summed E-state index contributed by atoms with van der Waals surface area (Å²) in [5, 5.41) is 0.747. The minimum absolute atomic E-state index is 0.291. The second-order valence-electron chi connectivity index (χ2n) is 6.94. The predicted octanol–water partition coefficient (Wildman–Crippen LogP) is 6.18. The molecule has 2 aromatic rings. The number of aromatic nitrogens is 1. The summed E-state index contributed by atoms with van der Waals surface area (Å²) in [6.45, 7) is 2.28. The van der Waals surface area contributed by atoms with E-state index in [2.05, 4.69) is 68.1 Å². The number of likely N-dealkylation sites (tertiary alicyclic amines) is 1. The summed E-state index contributed by atoms with van der Waals surface area (Å²) in [5.41, 5.74) is 4.87. The zero-order chi connectivity index (χ0) is 17.6. The number of hydrogen-bond donors (Lipinski definition) is 0. The molecule has 130 valence electrons. The summed E-state index contributed by atoms with van der Waals surface area (Å²) in [5.74, 6) is 0.878. The molecule has 1 atom stereocenters. The molecule has 0 bridgehead atoms. The van der Waals surface area contributed by atoms with Crippen LogP contribution in [0, 0.1) is 5.92 Å². The molecular formula is C20H19Br2ClN2. The first kappa shape index (κ1) is 17.7. The molecule has 1 aromatic heterocycles. The van der Waals surface area contributed by atoms with E-state index in [-0.39, 0.29) is 0 Å². The second kappa shape index (κ2) is 7.15. The molecule has 0 N–H and O–H groups in total. The topological polar surface area (TPSA) is 16.1 Å². The number of hydrogen-bond acceptors (Lipinski definition) is 2. The average Bonchev–Trinajstić information content (AvgIpc) is 2.71. The van der Waals surface area contributed by atoms with E-state index in [1.807, 2.05) is 12.3 Å². The number of piperidine rings is 1. The van der Waals surface area contributed by atoms with Crippen molar-refractivity contribution in [1.82, 2.24) is 9.88 Å². The maximum absolute atomic E-state index is 6.40. The Balaban J connectivity index is 1.91. The molecule has 0 saturated carbocycles. The Morgan fingerprint density at radius 3 is 2.72 bits per heavy atom. The molecule has 1 unspecified atom stereocenters. The van der Waals surface area contributed by atoms with E-state index in [1.54, 1.807) is 0 Å². The van der Waals surface area contributed by atoms with Crippen LogP contribution in [0.3, 0.4) is 0 Å². The summed E-state index contributed by atoms with van der Waals surface area (Å²) in [6, 6.07) is 8.43. The zero-order valence-electron chi connectivity index (χ0n) is 14.0. The first-order valence-corrected chi connectivity index (χ1v) is 10.5. The van der Waals surface area contributed by atoms with E-state index in [9.17, 15) is 0 Å². The van der Waals surface area contributed by atoms with Crippen LogP contribution in [0.15, 0.2) is 34.9 Å². The third kappa shape index (κ3) is 3.34. The number of nitrogens with zero attached hydrogens (tertiary/aromatic N) is 2.